The van der Waals surface area contributed by atoms with Crippen molar-refractivity contribution in [2.24, 2.45) is 17.8 Å². The van der Waals surface area contributed by atoms with Crippen molar-refractivity contribution >= 4 is 23.3 Å². The van der Waals surface area contributed by atoms with Crippen molar-refractivity contribution in [2.75, 3.05) is 5.32 Å². The monoisotopic (exact) mass is 459 g/mol. The lowest BCUT2D eigenvalue weighted by Gasteiger charge is -2.43. The molecule has 2 N–H and O–H groups in total. The van der Waals surface area contributed by atoms with Gasteiger partial charge in [0, 0.05) is 16.3 Å². The van der Waals surface area contributed by atoms with Gasteiger partial charge in [0.15, 0.2) is 0 Å². The smallest absolute Gasteiger partial charge is 0.335 e. The van der Waals surface area contributed by atoms with Crippen LogP contribution in [-0.2, 0) is 6.61 Å². The van der Waals surface area contributed by atoms with Crippen LogP contribution >= 0.6 is 11.6 Å². The van der Waals surface area contributed by atoms with E-state index >= 15 is 0 Å². The van der Waals surface area contributed by atoms with Crippen LogP contribution in [0.25, 0.3) is 0 Å². The normalized spacial score (nSPS) is 26.9. The molecule has 4 nitrogen and oxygen atoms in total. The molecular weight excluding hydrogens is 434 g/mol. The third-order valence-corrected chi connectivity index (χ3v) is 8.29. The van der Waals surface area contributed by atoms with Crippen LogP contribution in [0, 0.1) is 17.8 Å². The SMILES string of the molecule is O=C(O)c1ccc2c(c1)[C@@H]1[C@H]3CC[C@@H](C3)[C@@H]1[C@@H](c1ccc(OCc3ccccc3Cl)cc1)N2. The first-order valence-electron chi connectivity index (χ1n) is 11.7. The highest BCUT2D eigenvalue weighted by molar-refractivity contribution is 6.31. The number of benzene rings is 3. The molecule has 168 valence electrons. The topological polar surface area (TPSA) is 58.6 Å². The first kappa shape index (κ1) is 20.6. The molecule has 1 heterocycles. The number of halogens is 1. The Balaban J connectivity index is 1.27. The van der Waals surface area contributed by atoms with Crippen LogP contribution in [0.3, 0.4) is 0 Å². The van der Waals surface area contributed by atoms with Crippen LogP contribution in [0.4, 0.5) is 5.69 Å². The van der Waals surface area contributed by atoms with Gasteiger partial charge in [-0.25, -0.2) is 4.79 Å². The maximum absolute atomic E-state index is 11.6. The second-order valence-electron chi connectivity index (χ2n) is 9.61. The molecule has 0 spiro atoms. The number of hydrogen-bond donors (Lipinski definition) is 2. The Morgan fingerprint density at radius 1 is 1.03 bits per heavy atom. The largest absolute Gasteiger partial charge is 0.489 e. The number of aromatic carboxylic acids is 1. The molecule has 2 fully saturated rings. The van der Waals surface area contributed by atoms with Crippen molar-refractivity contribution < 1.29 is 14.6 Å². The maximum atomic E-state index is 11.6. The molecule has 3 aromatic rings. The molecule has 0 aromatic heterocycles. The number of hydrogen-bond acceptors (Lipinski definition) is 3. The highest BCUT2D eigenvalue weighted by Gasteiger charge is 2.53. The van der Waals surface area contributed by atoms with Crippen molar-refractivity contribution in [2.45, 2.75) is 37.8 Å². The minimum absolute atomic E-state index is 0.228. The molecule has 1 aliphatic heterocycles. The molecule has 3 aliphatic rings. The number of ether oxygens (including phenoxy) is 1. The molecule has 0 unspecified atom stereocenters. The summed E-state index contributed by atoms with van der Waals surface area (Å²) in [5.74, 6) is 2.24. The fourth-order valence-electron chi connectivity index (χ4n) is 6.50. The third-order valence-electron chi connectivity index (χ3n) is 7.93. The summed E-state index contributed by atoms with van der Waals surface area (Å²) in [6.07, 6.45) is 3.78. The quantitative estimate of drug-likeness (QED) is 0.435. The van der Waals surface area contributed by atoms with E-state index < -0.39 is 5.97 Å². The molecule has 5 atom stereocenters. The van der Waals surface area contributed by atoms with E-state index in [4.69, 9.17) is 16.3 Å². The highest BCUT2D eigenvalue weighted by Crippen LogP contribution is 2.63. The van der Waals surface area contributed by atoms with Crippen LogP contribution in [0.1, 0.15) is 58.3 Å². The van der Waals surface area contributed by atoms with Gasteiger partial charge in [0.2, 0.25) is 0 Å². The lowest BCUT2D eigenvalue weighted by molar-refractivity contribution is 0.0696. The molecule has 0 radical (unpaired) electrons. The van der Waals surface area contributed by atoms with Crippen LogP contribution in [0.2, 0.25) is 5.02 Å². The molecule has 2 saturated carbocycles. The number of rotatable bonds is 5. The van der Waals surface area contributed by atoms with E-state index in [2.05, 4.69) is 17.4 Å². The Hall–Kier alpha value is -2.98. The van der Waals surface area contributed by atoms with Crippen LogP contribution < -0.4 is 10.1 Å². The molecule has 2 bridgehead atoms. The van der Waals surface area contributed by atoms with E-state index in [0.717, 1.165) is 17.0 Å². The Morgan fingerprint density at radius 2 is 1.82 bits per heavy atom. The van der Waals surface area contributed by atoms with Gasteiger partial charge < -0.3 is 15.2 Å². The fourth-order valence-corrected chi connectivity index (χ4v) is 6.69. The van der Waals surface area contributed by atoms with Crippen molar-refractivity contribution in [3.05, 3.63) is 94.0 Å². The second kappa shape index (κ2) is 8.11. The predicted octanol–water partition coefficient (Wildman–Crippen LogP) is 6.91. The summed E-state index contributed by atoms with van der Waals surface area (Å²) in [5, 5.41) is 14.0. The Labute approximate surface area is 198 Å². The number of nitrogens with one attached hydrogen (secondary N) is 1. The summed E-state index contributed by atoms with van der Waals surface area (Å²) >= 11 is 6.25. The number of anilines is 1. The summed E-state index contributed by atoms with van der Waals surface area (Å²) in [5.41, 5.74) is 4.89. The summed E-state index contributed by atoms with van der Waals surface area (Å²) < 4.78 is 5.98. The summed E-state index contributed by atoms with van der Waals surface area (Å²) in [6, 6.07) is 22.0. The van der Waals surface area contributed by atoms with Crippen molar-refractivity contribution in [3.8, 4) is 5.75 Å². The Bertz CT molecular complexity index is 1210. The molecule has 0 amide bonds. The second-order valence-corrected chi connectivity index (χ2v) is 10.0. The standard InChI is InChI=1S/C28H26ClNO3/c29-23-4-2-1-3-20(23)15-33-21-10-7-16(8-11-21)27-26-18-6-5-17(13-18)25(26)22-14-19(28(31)32)9-12-24(22)30-27/h1-4,7-12,14,17-18,25-27,30H,5-6,13,15H2,(H,31,32)/t17-,18-,25-,26-,27+/m0/s1. The highest BCUT2D eigenvalue weighted by atomic mass is 35.5. The van der Waals surface area contributed by atoms with Gasteiger partial charge in [-0.3, -0.25) is 0 Å². The van der Waals surface area contributed by atoms with Crippen LogP contribution in [-0.4, -0.2) is 11.1 Å². The first-order valence-corrected chi connectivity index (χ1v) is 12.1. The van der Waals surface area contributed by atoms with Gasteiger partial charge in [-0.05, 0) is 90.5 Å². The summed E-state index contributed by atoms with van der Waals surface area (Å²) in [6.45, 7) is 0.439. The molecule has 0 saturated heterocycles. The van der Waals surface area contributed by atoms with Crippen molar-refractivity contribution in [1.29, 1.82) is 0 Å². The van der Waals surface area contributed by atoms with Crippen LogP contribution in [0.5, 0.6) is 5.75 Å². The molecule has 5 heteroatoms. The van der Waals surface area contributed by atoms with E-state index in [-0.39, 0.29) is 6.04 Å². The number of fused-ring (bicyclic) bond motifs is 7. The first-order chi connectivity index (χ1) is 16.1. The van der Waals surface area contributed by atoms with Gasteiger partial charge in [-0.15, -0.1) is 0 Å². The minimum Gasteiger partial charge on any atom is -0.489 e. The average molecular weight is 460 g/mol. The minimum atomic E-state index is -0.855. The molecular formula is C28H26ClNO3. The third kappa shape index (κ3) is 3.57. The van der Waals surface area contributed by atoms with Gasteiger partial charge in [0.05, 0.1) is 11.6 Å². The fraction of sp³-hybridized carbons (Fsp3) is 0.321. The lowest BCUT2D eigenvalue weighted by Crippen LogP contribution is -2.35. The van der Waals surface area contributed by atoms with Crippen molar-refractivity contribution in [3.63, 3.8) is 0 Å². The van der Waals surface area contributed by atoms with Crippen LogP contribution in [0.15, 0.2) is 66.7 Å². The maximum Gasteiger partial charge on any atom is 0.335 e. The average Bonchev–Trinajstić information content (AvgIpc) is 3.46. The molecule has 6 rings (SSSR count). The van der Waals surface area contributed by atoms with Gasteiger partial charge in [0.25, 0.3) is 0 Å². The lowest BCUT2D eigenvalue weighted by atomic mass is 9.68. The van der Waals surface area contributed by atoms with E-state index in [1.165, 1.54) is 30.4 Å². The summed E-state index contributed by atoms with van der Waals surface area (Å²) in [7, 11) is 0. The number of carboxylic acids is 1. The zero-order valence-electron chi connectivity index (χ0n) is 18.2. The van der Waals surface area contributed by atoms with Gasteiger partial charge in [-0.2, -0.15) is 0 Å². The van der Waals surface area contributed by atoms with E-state index in [1.54, 1.807) is 6.07 Å². The number of carbonyl (C=O) groups is 1. The number of carboxylic acid groups (broad SMARTS) is 1. The van der Waals surface area contributed by atoms with Gasteiger partial charge >= 0.3 is 5.97 Å². The summed E-state index contributed by atoms with van der Waals surface area (Å²) in [4.78, 5) is 11.6. The Kier molecular flexibility index (Phi) is 5.06. The Morgan fingerprint density at radius 3 is 2.61 bits per heavy atom. The molecule has 33 heavy (non-hydrogen) atoms. The molecule has 2 aliphatic carbocycles. The molecule has 3 aromatic carbocycles. The van der Waals surface area contributed by atoms with Gasteiger partial charge in [-0.1, -0.05) is 41.9 Å². The van der Waals surface area contributed by atoms with E-state index in [1.807, 2.05) is 48.5 Å². The zero-order chi connectivity index (χ0) is 22.5. The van der Waals surface area contributed by atoms with E-state index in [9.17, 15) is 9.90 Å². The van der Waals surface area contributed by atoms with Crippen molar-refractivity contribution in [1.82, 2.24) is 0 Å². The van der Waals surface area contributed by atoms with E-state index in [0.29, 0.717) is 40.9 Å². The predicted molar refractivity (Wildman–Crippen MR) is 129 cm³/mol. The zero-order valence-corrected chi connectivity index (χ0v) is 19.0. The van der Waals surface area contributed by atoms with Gasteiger partial charge in [0.1, 0.15) is 12.4 Å².